The molecule has 4 nitrogen and oxygen atoms in total. The van der Waals surface area contributed by atoms with E-state index in [0.717, 1.165) is 11.3 Å². The van der Waals surface area contributed by atoms with E-state index in [9.17, 15) is 8.42 Å². The Morgan fingerprint density at radius 2 is 1.95 bits per heavy atom. The molecule has 7 heteroatoms. The van der Waals surface area contributed by atoms with Gasteiger partial charge in [-0.3, -0.25) is 0 Å². The molecule has 2 aromatic rings. The fraction of sp³-hybridized carbons (Fsp3) is 0.154. The van der Waals surface area contributed by atoms with Gasteiger partial charge < -0.3 is 0 Å². The van der Waals surface area contributed by atoms with Crippen molar-refractivity contribution in [1.82, 2.24) is 4.83 Å². The highest BCUT2D eigenvalue weighted by Crippen LogP contribution is 2.15. The Morgan fingerprint density at radius 1 is 1.25 bits per heavy atom. The molecule has 0 radical (unpaired) electrons. The predicted molar refractivity (Wildman–Crippen MR) is 83.1 cm³/mol. The minimum absolute atomic E-state index is 0.125. The van der Waals surface area contributed by atoms with Crippen molar-refractivity contribution in [2.75, 3.05) is 0 Å². The number of halogens is 1. The molecule has 2 rings (SSSR count). The van der Waals surface area contributed by atoms with Crippen molar-refractivity contribution in [3.8, 4) is 0 Å². The second kappa shape index (κ2) is 6.39. The lowest BCUT2D eigenvalue weighted by molar-refractivity contribution is 0.584. The summed E-state index contributed by atoms with van der Waals surface area (Å²) in [5.41, 5.74) is 0. The van der Waals surface area contributed by atoms with E-state index in [1.54, 1.807) is 11.3 Å². The summed E-state index contributed by atoms with van der Waals surface area (Å²) in [7, 11) is -3.65. The van der Waals surface area contributed by atoms with Crippen LogP contribution in [0.3, 0.4) is 0 Å². The van der Waals surface area contributed by atoms with Crippen LogP contribution in [0, 0.1) is 0 Å². The summed E-state index contributed by atoms with van der Waals surface area (Å²) in [6.07, 6.45) is 2.45. The monoisotopic (exact) mass is 328 g/mol. The summed E-state index contributed by atoms with van der Waals surface area (Å²) in [5.74, 6) is 0. The van der Waals surface area contributed by atoms with Crippen molar-refractivity contribution in [3.63, 3.8) is 0 Å². The Balaban J connectivity index is 2.07. The summed E-state index contributed by atoms with van der Waals surface area (Å²) in [4.78, 5) is 4.43. The maximum absolute atomic E-state index is 11.9. The molecule has 1 aromatic carbocycles. The van der Waals surface area contributed by atoms with Gasteiger partial charge in [0.25, 0.3) is 10.0 Å². The molecular formula is C13H13ClN2O2S2. The van der Waals surface area contributed by atoms with Gasteiger partial charge in [-0.2, -0.15) is 13.5 Å². The van der Waals surface area contributed by atoms with Gasteiger partial charge in [0.2, 0.25) is 0 Å². The van der Waals surface area contributed by atoms with Gasteiger partial charge in [0.15, 0.2) is 0 Å². The molecule has 20 heavy (non-hydrogen) atoms. The average molecular weight is 329 g/mol. The van der Waals surface area contributed by atoms with Gasteiger partial charge >= 0.3 is 0 Å². The molecule has 1 N–H and O–H groups in total. The zero-order chi connectivity index (χ0) is 14.6. The Bertz CT molecular complexity index is 706. The highest BCUT2D eigenvalue weighted by molar-refractivity contribution is 7.89. The maximum Gasteiger partial charge on any atom is 0.276 e. The summed E-state index contributed by atoms with van der Waals surface area (Å²) in [6.45, 7) is 2.07. The fourth-order valence-corrected chi connectivity index (χ4v) is 3.22. The molecule has 0 saturated carbocycles. The number of thiophene rings is 1. The smallest absolute Gasteiger partial charge is 0.200 e. The first kappa shape index (κ1) is 15.0. The molecule has 0 bridgehead atoms. The summed E-state index contributed by atoms with van der Waals surface area (Å²) in [6, 6.07) is 9.81. The van der Waals surface area contributed by atoms with E-state index in [0.29, 0.717) is 5.02 Å². The lowest BCUT2D eigenvalue weighted by atomic mass is 10.4. The van der Waals surface area contributed by atoms with Crippen molar-refractivity contribution in [2.45, 2.75) is 18.2 Å². The van der Waals surface area contributed by atoms with Gasteiger partial charge in [0.1, 0.15) is 0 Å². The van der Waals surface area contributed by atoms with Crippen molar-refractivity contribution >= 4 is 39.2 Å². The quantitative estimate of drug-likeness (QED) is 0.676. The summed E-state index contributed by atoms with van der Waals surface area (Å²) < 4.78 is 23.9. The Morgan fingerprint density at radius 3 is 2.55 bits per heavy atom. The van der Waals surface area contributed by atoms with Crippen LogP contribution in [0.5, 0.6) is 0 Å². The van der Waals surface area contributed by atoms with Crippen LogP contribution in [0.4, 0.5) is 0 Å². The molecule has 0 amide bonds. The number of nitrogens with zero attached hydrogens (tertiary/aromatic N) is 1. The third kappa shape index (κ3) is 3.82. The number of hydrogen-bond donors (Lipinski definition) is 1. The minimum atomic E-state index is -3.65. The number of sulfonamides is 1. The normalized spacial score (nSPS) is 11.9. The van der Waals surface area contributed by atoms with Crippen LogP contribution >= 0.6 is 22.9 Å². The molecule has 1 aromatic heterocycles. The third-order valence-electron chi connectivity index (χ3n) is 2.52. The fourth-order valence-electron chi connectivity index (χ4n) is 1.48. The van der Waals surface area contributed by atoms with Gasteiger partial charge in [-0.25, -0.2) is 4.83 Å². The second-order valence-electron chi connectivity index (χ2n) is 3.96. The highest BCUT2D eigenvalue weighted by Gasteiger charge is 2.11. The zero-order valence-corrected chi connectivity index (χ0v) is 13.1. The van der Waals surface area contributed by atoms with E-state index in [-0.39, 0.29) is 4.90 Å². The van der Waals surface area contributed by atoms with Crippen LogP contribution in [-0.4, -0.2) is 14.6 Å². The maximum atomic E-state index is 11.9. The van der Waals surface area contributed by atoms with E-state index in [1.807, 2.05) is 12.1 Å². The van der Waals surface area contributed by atoms with Crippen molar-refractivity contribution < 1.29 is 8.42 Å². The number of hydrogen-bond acceptors (Lipinski definition) is 4. The van der Waals surface area contributed by atoms with Crippen LogP contribution < -0.4 is 4.83 Å². The molecule has 0 fully saturated rings. The standard InChI is InChI=1S/C13H13ClN2O2S2/c1-2-11-5-6-12(19-11)9-15-16-20(17,18)13-7-3-10(14)4-8-13/h3-9,16H,2H2,1H3/b15-9-. The first-order valence-electron chi connectivity index (χ1n) is 5.90. The molecule has 0 spiro atoms. The molecule has 0 aliphatic rings. The number of aryl methyl sites for hydroxylation is 1. The van der Waals surface area contributed by atoms with E-state index in [1.165, 1.54) is 35.4 Å². The number of benzene rings is 1. The van der Waals surface area contributed by atoms with Crippen LogP contribution in [0.15, 0.2) is 46.4 Å². The van der Waals surface area contributed by atoms with Gasteiger partial charge in [-0.15, -0.1) is 11.3 Å². The zero-order valence-electron chi connectivity index (χ0n) is 10.7. The number of nitrogens with one attached hydrogen (secondary N) is 1. The lowest BCUT2D eigenvalue weighted by Crippen LogP contribution is -2.18. The summed E-state index contributed by atoms with van der Waals surface area (Å²) >= 11 is 7.30. The van der Waals surface area contributed by atoms with E-state index < -0.39 is 10.0 Å². The average Bonchev–Trinajstić information content (AvgIpc) is 2.87. The Labute approximate surface area is 127 Å². The molecule has 0 unspecified atom stereocenters. The predicted octanol–water partition coefficient (Wildman–Crippen LogP) is 3.28. The van der Waals surface area contributed by atoms with E-state index in [2.05, 4.69) is 16.9 Å². The van der Waals surface area contributed by atoms with Crippen molar-refractivity contribution in [1.29, 1.82) is 0 Å². The van der Waals surface area contributed by atoms with E-state index >= 15 is 0 Å². The van der Waals surface area contributed by atoms with Crippen LogP contribution in [0.2, 0.25) is 5.02 Å². The Hall–Kier alpha value is -1.37. The van der Waals surface area contributed by atoms with E-state index in [4.69, 9.17) is 11.6 Å². The largest absolute Gasteiger partial charge is 0.276 e. The van der Waals surface area contributed by atoms with Gasteiger partial charge in [-0.05, 0) is 42.8 Å². The topological polar surface area (TPSA) is 58.5 Å². The number of rotatable bonds is 5. The first-order chi connectivity index (χ1) is 9.51. The second-order valence-corrected chi connectivity index (χ2v) is 7.26. The first-order valence-corrected chi connectivity index (χ1v) is 8.58. The van der Waals surface area contributed by atoms with Crippen LogP contribution in [0.1, 0.15) is 16.7 Å². The molecule has 0 aliphatic heterocycles. The SMILES string of the molecule is CCc1ccc(/C=N\NS(=O)(=O)c2ccc(Cl)cc2)s1. The van der Waals surface area contributed by atoms with Gasteiger partial charge in [0.05, 0.1) is 11.1 Å². The third-order valence-corrected chi connectivity index (χ3v) is 5.17. The Kier molecular flexibility index (Phi) is 4.80. The molecule has 106 valence electrons. The lowest BCUT2D eigenvalue weighted by Gasteiger charge is -2.02. The highest BCUT2D eigenvalue weighted by atomic mass is 35.5. The van der Waals surface area contributed by atoms with Crippen molar-refractivity contribution in [3.05, 3.63) is 51.2 Å². The summed E-state index contributed by atoms with van der Waals surface area (Å²) in [5, 5.41) is 4.26. The van der Waals surface area contributed by atoms with Gasteiger partial charge in [-0.1, -0.05) is 18.5 Å². The molecule has 0 saturated heterocycles. The van der Waals surface area contributed by atoms with Crippen LogP contribution in [-0.2, 0) is 16.4 Å². The van der Waals surface area contributed by atoms with Crippen molar-refractivity contribution in [2.24, 2.45) is 5.10 Å². The molecule has 1 heterocycles. The molecular weight excluding hydrogens is 316 g/mol. The molecule has 0 atom stereocenters. The minimum Gasteiger partial charge on any atom is -0.200 e. The van der Waals surface area contributed by atoms with Crippen LogP contribution in [0.25, 0.3) is 0 Å². The molecule has 0 aliphatic carbocycles. The number of hydrazone groups is 1. The van der Waals surface area contributed by atoms with Gasteiger partial charge in [0, 0.05) is 14.8 Å².